The standard InChI is InChI=1S/C16H22BNO2/c1-14(2)15(3,4)20-17(19-14)12-5-6-18-13(7-12)16-8-11(9-16)10-16/h5-7,11H,8-10H2,1-4H3. The van der Waals surface area contributed by atoms with Crippen molar-refractivity contribution in [2.45, 2.75) is 63.6 Å². The summed E-state index contributed by atoms with van der Waals surface area (Å²) >= 11 is 0. The van der Waals surface area contributed by atoms with Crippen molar-refractivity contribution in [1.82, 2.24) is 4.98 Å². The third kappa shape index (κ3) is 1.58. The molecule has 0 aromatic carbocycles. The Labute approximate surface area is 121 Å². The first-order valence-electron chi connectivity index (χ1n) is 7.63. The fourth-order valence-corrected chi connectivity index (χ4v) is 3.65. The van der Waals surface area contributed by atoms with Gasteiger partial charge in [-0.05, 0) is 70.5 Å². The number of aromatic nitrogens is 1. The maximum atomic E-state index is 6.13. The Morgan fingerprint density at radius 3 is 2.20 bits per heavy atom. The summed E-state index contributed by atoms with van der Waals surface area (Å²) in [5, 5.41) is 0. The fraction of sp³-hybridized carbons (Fsp3) is 0.688. The molecule has 0 amide bonds. The second-order valence-corrected chi connectivity index (χ2v) is 7.82. The Kier molecular flexibility index (Phi) is 2.35. The molecule has 5 rings (SSSR count). The molecule has 0 unspecified atom stereocenters. The van der Waals surface area contributed by atoms with Crippen LogP contribution in [0.15, 0.2) is 18.3 Å². The molecule has 3 saturated carbocycles. The van der Waals surface area contributed by atoms with Crippen LogP contribution >= 0.6 is 0 Å². The summed E-state index contributed by atoms with van der Waals surface area (Å²) in [4.78, 5) is 4.60. The van der Waals surface area contributed by atoms with E-state index in [0.717, 1.165) is 11.4 Å². The van der Waals surface area contributed by atoms with E-state index in [-0.39, 0.29) is 18.3 Å². The minimum Gasteiger partial charge on any atom is -0.399 e. The van der Waals surface area contributed by atoms with Gasteiger partial charge in [-0.2, -0.15) is 0 Å². The molecule has 20 heavy (non-hydrogen) atoms. The third-order valence-electron chi connectivity index (χ3n) is 5.89. The summed E-state index contributed by atoms with van der Waals surface area (Å²) in [6, 6.07) is 4.23. The van der Waals surface area contributed by atoms with Crippen LogP contribution in [0, 0.1) is 5.92 Å². The summed E-state index contributed by atoms with van der Waals surface area (Å²) in [7, 11) is -0.269. The quantitative estimate of drug-likeness (QED) is 0.774. The van der Waals surface area contributed by atoms with E-state index in [1.54, 1.807) is 0 Å². The average molecular weight is 271 g/mol. The maximum Gasteiger partial charge on any atom is 0.494 e. The Morgan fingerprint density at radius 2 is 1.70 bits per heavy atom. The molecule has 0 spiro atoms. The fourth-order valence-electron chi connectivity index (χ4n) is 3.65. The molecule has 0 atom stereocenters. The van der Waals surface area contributed by atoms with Gasteiger partial charge in [-0.15, -0.1) is 0 Å². The monoisotopic (exact) mass is 271 g/mol. The zero-order chi connectivity index (χ0) is 14.2. The molecule has 4 heteroatoms. The van der Waals surface area contributed by atoms with Crippen LogP contribution in [0.5, 0.6) is 0 Å². The van der Waals surface area contributed by atoms with Gasteiger partial charge in [0.05, 0.1) is 11.2 Å². The van der Waals surface area contributed by atoms with E-state index in [9.17, 15) is 0 Å². The lowest BCUT2D eigenvalue weighted by molar-refractivity contribution is -0.0308. The van der Waals surface area contributed by atoms with Crippen LogP contribution in [0.25, 0.3) is 0 Å². The van der Waals surface area contributed by atoms with Gasteiger partial charge in [-0.3, -0.25) is 4.98 Å². The molecule has 4 fully saturated rings. The number of pyridine rings is 1. The minimum absolute atomic E-state index is 0.269. The van der Waals surface area contributed by atoms with Crippen LogP contribution < -0.4 is 5.46 Å². The van der Waals surface area contributed by atoms with E-state index in [1.807, 2.05) is 12.3 Å². The van der Waals surface area contributed by atoms with Gasteiger partial charge in [-0.1, -0.05) is 0 Å². The predicted molar refractivity (Wildman–Crippen MR) is 79.0 cm³/mol. The zero-order valence-corrected chi connectivity index (χ0v) is 12.8. The van der Waals surface area contributed by atoms with Crippen molar-refractivity contribution in [2.75, 3.05) is 0 Å². The number of nitrogens with zero attached hydrogens (tertiary/aromatic N) is 1. The third-order valence-corrected chi connectivity index (χ3v) is 5.89. The van der Waals surface area contributed by atoms with Crippen LogP contribution in [-0.2, 0) is 14.7 Å². The highest BCUT2D eigenvalue weighted by atomic mass is 16.7. The highest BCUT2D eigenvalue weighted by molar-refractivity contribution is 6.62. The molecule has 3 nitrogen and oxygen atoms in total. The molecule has 1 aromatic heterocycles. The van der Waals surface area contributed by atoms with Crippen LogP contribution in [0.2, 0.25) is 0 Å². The second kappa shape index (κ2) is 3.66. The molecule has 4 aliphatic rings. The number of hydrogen-bond donors (Lipinski definition) is 0. The predicted octanol–water partition coefficient (Wildman–Crippen LogP) is 2.43. The van der Waals surface area contributed by atoms with Crippen molar-refractivity contribution in [1.29, 1.82) is 0 Å². The molecule has 1 aromatic rings. The van der Waals surface area contributed by atoms with Crippen LogP contribution in [-0.4, -0.2) is 23.3 Å². The summed E-state index contributed by atoms with van der Waals surface area (Å²) in [5.74, 6) is 0.970. The zero-order valence-electron chi connectivity index (χ0n) is 12.8. The van der Waals surface area contributed by atoms with Crippen molar-refractivity contribution < 1.29 is 9.31 Å². The Morgan fingerprint density at radius 1 is 1.10 bits per heavy atom. The van der Waals surface area contributed by atoms with Gasteiger partial charge >= 0.3 is 7.12 Å². The Bertz CT molecular complexity index is 536. The first kappa shape index (κ1) is 12.8. The molecule has 1 aliphatic heterocycles. The highest BCUT2D eigenvalue weighted by Crippen LogP contribution is 2.64. The van der Waals surface area contributed by atoms with E-state index in [1.165, 1.54) is 25.0 Å². The van der Waals surface area contributed by atoms with Crippen molar-refractivity contribution in [2.24, 2.45) is 5.92 Å². The molecule has 2 bridgehead atoms. The Balaban J connectivity index is 1.62. The van der Waals surface area contributed by atoms with Crippen LogP contribution in [0.4, 0.5) is 0 Å². The minimum atomic E-state index is -0.280. The number of hydrogen-bond acceptors (Lipinski definition) is 3. The average Bonchev–Trinajstić information content (AvgIpc) is 2.44. The lowest BCUT2D eigenvalue weighted by atomic mass is 9.43. The van der Waals surface area contributed by atoms with Crippen molar-refractivity contribution in [3.63, 3.8) is 0 Å². The highest BCUT2D eigenvalue weighted by Gasteiger charge is 2.58. The first-order valence-corrected chi connectivity index (χ1v) is 7.63. The normalized spacial score (nSPS) is 36.4. The van der Waals surface area contributed by atoms with Gasteiger partial charge in [0.1, 0.15) is 0 Å². The van der Waals surface area contributed by atoms with Gasteiger partial charge in [-0.25, -0.2) is 0 Å². The summed E-state index contributed by atoms with van der Waals surface area (Å²) < 4.78 is 12.3. The van der Waals surface area contributed by atoms with Gasteiger partial charge in [0.15, 0.2) is 0 Å². The summed E-state index contributed by atoms with van der Waals surface area (Å²) in [6.45, 7) is 8.37. The molecule has 2 heterocycles. The molecule has 0 radical (unpaired) electrons. The van der Waals surface area contributed by atoms with Gasteiger partial charge < -0.3 is 9.31 Å². The molecule has 1 saturated heterocycles. The van der Waals surface area contributed by atoms with Gasteiger partial charge in [0.2, 0.25) is 0 Å². The smallest absolute Gasteiger partial charge is 0.399 e. The number of rotatable bonds is 2. The van der Waals surface area contributed by atoms with Gasteiger partial charge in [0, 0.05) is 17.3 Å². The van der Waals surface area contributed by atoms with Crippen molar-refractivity contribution in [3.05, 3.63) is 24.0 Å². The van der Waals surface area contributed by atoms with Crippen LogP contribution in [0.1, 0.15) is 52.7 Å². The topological polar surface area (TPSA) is 31.4 Å². The van der Waals surface area contributed by atoms with Crippen molar-refractivity contribution >= 4 is 12.6 Å². The van der Waals surface area contributed by atoms with E-state index < -0.39 is 0 Å². The molecule has 106 valence electrons. The molecular weight excluding hydrogens is 249 g/mol. The lowest BCUT2D eigenvalue weighted by Gasteiger charge is -2.61. The molecule has 0 N–H and O–H groups in total. The van der Waals surface area contributed by atoms with E-state index >= 15 is 0 Å². The Hall–Kier alpha value is -0.865. The SMILES string of the molecule is CC1(C)OB(c2ccnc(C34CC(C3)C4)c2)OC1(C)C. The summed E-state index contributed by atoms with van der Waals surface area (Å²) in [5.41, 5.74) is 2.18. The van der Waals surface area contributed by atoms with E-state index in [0.29, 0.717) is 5.41 Å². The van der Waals surface area contributed by atoms with Crippen molar-refractivity contribution in [3.8, 4) is 0 Å². The van der Waals surface area contributed by atoms with Gasteiger partial charge in [0.25, 0.3) is 0 Å². The van der Waals surface area contributed by atoms with Crippen LogP contribution in [0.3, 0.4) is 0 Å². The lowest BCUT2D eigenvalue weighted by Crippen LogP contribution is -2.56. The second-order valence-electron chi connectivity index (χ2n) is 7.82. The van der Waals surface area contributed by atoms with E-state index in [4.69, 9.17) is 9.31 Å². The van der Waals surface area contributed by atoms with E-state index in [2.05, 4.69) is 38.7 Å². The maximum absolute atomic E-state index is 6.13. The molecule has 3 aliphatic carbocycles. The largest absolute Gasteiger partial charge is 0.494 e. The first-order chi connectivity index (χ1) is 9.31. The molecular formula is C16H22BNO2. The summed E-state index contributed by atoms with van der Waals surface area (Å²) in [6.07, 6.45) is 5.89.